The molecule has 0 saturated heterocycles. The lowest BCUT2D eigenvalue weighted by Gasteiger charge is -2.12. The zero-order chi connectivity index (χ0) is 19.6. The number of hydrogen-bond donors (Lipinski definition) is 0. The highest BCUT2D eigenvalue weighted by Crippen LogP contribution is 2.32. The van der Waals surface area contributed by atoms with Crippen molar-refractivity contribution in [3.8, 4) is 22.6 Å². The predicted molar refractivity (Wildman–Crippen MR) is 102 cm³/mol. The molecule has 3 aromatic rings. The van der Waals surface area contributed by atoms with Gasteiger partial charge in [0.15, 0.2) is 11.2 Å². The van der Waals surface area contributed by atoms with E-state index in [1.54, 1.807) is 24.3 Å². The number of rotatable bonds is 6. The van der Waals surface area contributed by atoms with Gasteiger partial charge in [-0.1, -0.05) is 6.92 Å². The van der Waals surface area contributed by atoms with Crippen LogP contribution < -0.4 is 14.9 Å². The van der Waals surface area contributed by atoms with Gasteiger partial charge in [-0.15, -0.1) is 0 Å². The number of fused-ring (bicyclic) bond motifs is 1. The van der Waals surface area contributed by atoms with Crippen molar-refractivity contribution in [3.05, 3.63) is 63.0 Å². The fourth-order valence-corrected chi connectivity index (χ4v) is 2.70. The van der Waals surface area contributed by atoms with Crippen LogP contribution in [0.5, 0.6) is 11.5 Å². The van der Waals surface area contributed by atoms with Crippen molar-refractivity contribution in [1.82, 2.24) is 0 Å². The minimum atomic E-state index is -0.552. The number of nitro groups is 1. The minimum Gasteiger partial charge on any atom is -0.491 e. The Morgan fingerprint density at radius 1 is 1.22 bits per heavy atom. The van der Waals surface area contributed by atoms with Crippen LogP contribution in [0.3, 0.4) is 0 Å². The summed E-state index contributed by atoms with van der Waals surface area (Å²) in [5.41, 5.74) is 0.534. The summed E-state index contributed by atoms with van der Waals surface area (Å²) >= 11 is 0. The van der Waals surface area contributed by atoms with Crippen molar-refractivity contribution in [3.63, 3.8) is 0 Å². The van der Waals surface area contributed by atoms with Crippen molar-refractivity contribution in [2.75, 3.05) is 7.11 Å². The van der Waals surface area contributed by atoms with Gasteiger partial charge in [-0.05, 0) is 43.2 Å². The van der Waals surface area contributed by atoms with E-state index in [0.717, 1.165) is 6.42 Å². The van der Waals surface area contributed by atoms with Crippen molar-refractivity contribution in [2.24, 2.45) is 0 Å². The third-order valence-electron chi connectivity index (χ3n) is 4.34. The van der Waals surface area contributed by atoms with Gasteiger partial charge >= 0.3 is 5.69 Å². The standard InChI is InChI=1S/C20H19NO6/c1-4-12(2)27-14-6-7-15-19(10-14)26-11-16(20(15)22)13-5-8-18(25-3)17(9-13)21(23)24/h5-12H,4H2,1-3H3. The SMILES string of the molecule is CCC(C)Oc1ccc2c(=O)c(-c3ccc(OC)c([N+](=O)[O-])c3)coc2c1. The average molecular weight is 369 g/mol. The van der Waals surface area contributed by atoms with Crippen molar-refractivity contribution >= 4 is 16.7 Å². The maximum atomic E-state index is 12.9. The van der Waals surface area contributed by atoms with E-state index in [1.807, 2.05) is 13.8 Å². The maximum Gasteiger partial charge on any atom is 0.311 e. The van der Waals surface area contributed by atoms with E-state index in [4.69, 9.17) is 13.9 Å². The smallest absolute Gasteiger partial charge is 0.311 e. The van der Waals surface area contributed by atoms with E-state index >= 15 is 0 Å². The molecule has 1 heterocycles. The van der Waals surface area contributed by atoms with E-state index in [2.05, 4.69) is 0 Å². The Bertz CT molecular complexity index is 1060. The molecule has 0 aliphatic carbocycles. The van der Waals surface area contributed by atoms with Gasteiger partial charge < -0.3 is 13.9 Å². The molecule has 1 aromatic heterocycles. The van der Waals surface area contributed by atoms with Crippen molar-refractivity contribution in [2.45, 2.75) is 26.4 Å². The minimum absolute atomic E-state index is 0.0493. The fraction of sp³-hybridized carbons (Fsp3) is 0.250. The van der Waals surface area contributed by atoms with E-state index in [1.165, 1.54) is 25.5 Å². The van der Waals surface area contributed by atoms with Crippen LogP contribution in [-0.2, 0) is 0 Å². The van der Waals surface area contributed by atoms with Gasteiger partial charge in [-0.25, -0.2) is 0 Å². The second-order valence-corrected chi connectivity index (χ2v) is 6.12. The average Bonchev–Trinajstić information content (AvgIpc) is 2.67. The van der Waals surface area contributed by atoms with Gasteiger partial charge in [0.1, 0.15) is 17.6 Å². The largest absolute Gasteiger partial charge is 0.491 e. The third-order valence-corrected chi connectivity index (χ3v) is 4.34. The Labute approximate surface area is 155 Å². The summed E-state index contributed by atoms with van der Waals surface area (Å²) in [7, 11) is 1.35. The fourth-order valence-electron chi connectivity index (χ4n) is 2.70. The molecule has 0 aliphatic heterocycles. The molecule has 140 valence electrons. The molecule has 0 spiro atoms. The van der Waals surface area contributed by atoms with Crippen molar-refractivity contribution in [1.29, 1.82) is 0 Å². The first-order chi connectivity index (χ1) is 12.9. The van der Waals surface area contributed by atoms with Crippen molar-refractivity contribution < 1.29 is 18.8 Å². The van der Waals surface area contributed by atoms with Gasteiger partial charge in [-0.2, -0.15) is 0 Å². The van der Waals surface area contributed by atoms with Crippen LogP contribution in [0.4, 0.5) is 5.69 Å². The first-order valence-corrected chi connectivity index (χ1v) is 8.49. The molecule has 0 radical (unpaired) electrons. The van der Waals surface area contributed by atoms with Gasteiger partial charge in [0, 0.05) is 12.1 Å². The number of nitrogens with zero attached hydrogens (tertiary/aromatic N) is 1. The van der Waals surface area contributed by atoms with Crippen LogP contribution in [0, 0.1) is 10.1 Å². The van der Waals surface area contributed by atoms with E-state index < -0.39 is 4.92 Å². The molecule has 0 amide bonds. The molecule has 0 fully saturated rings. The normalized spacial score (nSPS) is 12.0. The lowest BCUT2D eigenvalue weighted by atomic mass is 10.0. The lowest BCUT2D eigenvalue weighted by molar-refractivity contribution is -0.385. The highest BCUT2D eigenvalue weighted by atomic mass is 16.6. The molecule has 27 heavy (non-hydrogen) atoms. The summed E-state index contributed by atoms with van der Waals surface area (Å²) in [6, 6.07) is 9.37. The Kier molecular flexibility index (Phi) is 5.12. The van der Waals surface area contributed by atoms with Crippen LogP contribution in [0.15, 0.2) is 51.9 Å². The molecule has 3 rings (SSSR count). The monoisotopic (exact) mass is 369 g/mol. The quantitative estimate of drug-likeness (QED) is 0.467. The number of hydrogen-bond acceptors (Lipinski definition) is 6. The zero-order valence-corrected chi connectivity index (χ0v) is 15.2. The van der Waals surface area contributed by atoms with E-state index in [0.29, 0.717) is 22.3 Å². The molecule has 0 saturated carbocycles. The number of ether oxygens (including phenoxy) is 2. The molecular weight excluding hydrogens is 350 g/mol. The topological polar surface area (TPSA) is 91.8 Å². The molecule has 0 aliphatic rings. The van der Waals surface area contributed by atoms with Crippen LogP contribution in [0.1, 0.15) is 20.3 Å². The molecule has 0 N–H and O–H groups in total. The molecule has 7 nitrogen and oxygen atoms in total. The lowest BCUT2D eigenvalue weighted by Crippen LogP contribution is -2.10. The maximum absolute atomic E-state index is 12.9. The third kappa shape index (κ3) is 3.62. The number of benzene rings is 2. The molecular formula is C20H19NO6. The number of methoxy groups -OCH3 is 1. The first kappa shape index (κ1) is 18.4. The first-order valence-electron chi connectivity index (χ1n) is 8.49. The van der Waals surface area contributed by atoms with E-state index in [9.17, 15) is 14.9 Å². The second-order valence-electron chi connectivity index (χ2n) is 6.12. The second kappa shape index (κ2) is 7.49. The van der Waals surface area contributed by atoms with Crippen LogP contribution in [-0.4, -0.2) is 18.1 Å². The van der Waals surface area contributed by atoms with Crippen LogP contribution in [0.25, 0.3) is 22.1 Å². The Morgan fingerprint density at radius 3 is 2.67 bits per heavy atom. The predicted octanol–water partition coefficient (Wildman–Crippen LogP) is 4.55. The van der Waals surface area contributed by atoms with Gasteiger partial charge in [-0.3, -0.25) is 14.9 Å². The summed E-state index contributed by atoms with van der Waals surface area (Å²) in [6.07, 6.45) is 2.22. The van der Waals surface area contributed by atoms with E-state index in [-0.39, 0.29) is 28.5 Å². The molecule has 1 unspecified atom stereocenters. The number of nitro benzene ring substituents is 1. The summed E-state index contributed by atoms with van der Waals surface area (Å²) in [5, 5.41) is 11.6. The molecule has 2 aromatic carbocycles. The van der Waals surface area contributed by atoms with Gasteiger partial charge in [0.05, 0.1) is 29.1 Å². The van der Waals surface area contributed by atoms with Gasteiger partial charge in [0.2, 0.25) is 0 Å². The van der Waals surface area contributed by atoms with Crippen LogP contribution in [0.2, 0.25) is 0 Å². The Balaban J connectivity index is 2.07. The summed E-state index contributed by atoms with van der Waals surface area (Å²) in [4.78, 5) is 23.5. The highest BCUT2D eigenvalue weighted by molar-refractivity contribution is 5.83. The zero-order valence-electron chi connectivity index (χ0n) is 15.2. The molecule has 7 heteroatoms. The summed E-state index contributed by atoms with van der Waals surface area (Å²) in [6.45, 7) is 3.98. The summed E-state index contributed by atoms with van der Waals surface area (Å²) in [5.74, 6) is 0.744. The Morgan fingerprint density at radius 2 is 2.00 bits per heavy atom. The highest BCUT2D eigenvalue weighted by Gasteiger charge is 2.18. The molecule has 1 atom stereocenters. The molecule has 0 bridgehead atoms. The summed E-state index contributed by atoms with van der Waals surface area (Å²) < 4.78 is 16.3. The van der Waals surface area contributed by atoms with Crippen LogP contribution >= 0.6 is 0 Å². The Hall–Kier alpha value is -3.35. The van der Waals surface area contributed by atoms with Gasteiger partial charge in [0.25, 0.3) is 0 Å².